The van der Waals surface area contributed by atoms with Crippen LogP contribution < -0.4 is 5.32 Å². The molecule has 1 fully saturated rings. The maximum absolute atomic E-state index is 5.95. The van der Waals surface area contributed by atoms with Gasteiger partial charge >= 0.3 is 0 Å². The second kappa shape index (κ2) is 7.27. The fourth-order valence-corrected chi connectivity index (χ4v) is 1.93. The molecule has 106 valence electrons. The smallest absolute Gasteiger partial charge is 0.0813 e. The number of hydrogen-bond donors (Lipinski definition) is 1. The van der Waals surface area contributed by atoms with Crippen LogP contribution in [0.5, 0.6) is 0 Å². The summed E-state index contributed by atoms with van der Waals surface area (Å²) >= 11 is 0. The van der Waals surface area contributed by atoms with Crippen LogP contribution in [0.15, 0.2) is 12.2 Å². The molecule has 0 aromatic rings. The normalized spacial score (nSPS) is 24.4. The molecule has 0 amide bonds. The third kappa shape index (κ3) is 7.14. The van der Waals surface area contributed by atoms with Crippen LogP contribution in [0.2, 0.25) is 0 Å². The fraction of sp³-hybridized carbons (Fsp3) is 0.867. The predicted octanol–water partition coefficient (Wildman–Crippen LogP) is 2.90. The van der Waals surface area contributed by atoms with Crippen LogP contribution >= 0.6 is 0 Å². The van der Waals surface area contributed by atoms with Crippen LogP contribution in [0.4, 0.5) is 0 Å². The Hall–Kier alpha value is -0.380. The van der Waals surface area contributed by atoms with Gasteiger partial charge in [-0.3, -0.25) is 0 Å². The van der Waals surface area contributed by atoms with E-state index in [4.69, 9.17) is 9.47 Å². The first-order valence-corrected chi connectivity index (χ1v) is 6.99. The molecule has 0 aromatic carbocycles. The molecule has 0 aromatic heterocycles. The molecule has 3 heteroatoms. The van der Waals surface area contributed by atoms with Crippen molar-refractivity contribution < 1.29 is 9.47 Å². The molecule has 2 atom stereocenters. The summed E-state index contributed by atoms with van der Waals surface area (Å²) in [6.07, 6.45) is 3.82. The molecule has 1 rings (SSSR count). The molecular weight excluding hydrogens is 226 g/mol. The topological polar surface area (TPSA) is 30.5 Å². The molecule has 0 radical (unpaired) electrons. The quantitative estimate of drug-likeness (QED) is 0.560. The lowest BCUT2D eigenvalue weighted by molar-refractivity contribution is -0.0150. The van der Waals surface area contributed by atoms with E-state index in [1.54, 1.807) is 0 Å². The van der Waals surface area contributed by atoms with E-state index in [0.29, 0.717) is 6.10 Å². The Morgan fingerprint density at radius 1 is 1.33 bits per heavy atom. The third-order valence-corrected chi connectivity index (χ3v) is 3.03. The van der Waals surface area contributed by atoms with Gasteiger partial charge in [0.05, 0.1) is 25.4 Å². The van der Waals surface area contributed by atoms with Crippen molar-refractivity contribution in [1.82, 2.24) is 5.32 Å². The van der Waals surface area contributed by atoms with Crippen molar-refractivity contribution in [3.63, 3.8) is 0 Å². The van der Waals surface area contributed by atoms with Gasteiger partial charge in [-0.2, -0.15) is 0 Å². The van der Waals surface area contributed by atoms with Gasteiger partial charge < -0.3 is 14.8 Å². The number of hydrogen-bond acceptors (Lipinski definition) is 3. The molecule has 1 aliphatic rings. The van der Waals surface area contributed by atoms with Crippen molar-refractivity contribution in [3.8, 4) is 0 Å². The minimum Gasteiger partial charge on any atom is -0.378 e. The number of rotatable bonds is 7. The fourth-order valence-electron chi connectivity index (χ4n) is 1.93. The van der Waals surface area contributed by atoms with Gasteiger partial charge in [-0.15, -0.1) is 6.58 Å². The highest BCUT2D eigenvalue weighted by atomic mass is 16.5. The van der Waals surface area contributed by atoms with Gasteiger partial charge in [0, 0.05) is 12.1 Å². The van der Waals surface area contributed by atoms with Crippen molar-refractivity contribution in [2.45, 2.75) is 64.7 Å². The van der Waals surface area contributed by atoms with Crippen LogP contribution in [-0.2, 0) is 9.47 Å². The molecule has 0 aliphatic carbocycles. The van der Waals surface area contributed by atoms with E-state index in [1.165, 1.54) is 5.57 Å². The maximum Gasteiger partial charge on any atom is 0.0813 e. The molecule has 1 N–H and O–H groups in total. The molecule has 0 saturated carbocycles. The van der Waals surface area contributed by atoms with E-state index in [9.17, 15) is 0 Å². The number of nitrogens with one attached hydrogen (secondary N) is 1. The molecule has 3 nitrogen and oxygen atoms in total. The Bertz CT molecular complexity index is 258. The lowest BCUT2D eigenvalue weighted by atomic mass is 10.1. The standard InChI is InChI=1S/C15H29NO2/c1-12(2)8-9-17-11-14-7-6-13(18-14)10-16-15(3,4)5/h13-14,16H,1,6-11H2,2-5H3. The van der Waals surface area contributed by atoms with Crippen molar-refractivity contribution in [3.05, 3.63) is 12.2 Å². The Morgan fingerprint density at radius 2 is 2.00 bits per heavy atom. The molecule has 0 bridgehead atoms. The van der Waals surface area contributed by atoms with E-state index < -0.39 is 0 Å². The molecular formula is C15H29NO2. The lowest BCUT2D eigenvalue weighted by Gasteiger charge is -2.23. The van der Waals surface area contributed by atoms with Crippen LogP contribution in [0.25, 0.3) is 0 Å². The summed E-state index contributed by atoms with van der Waals surface area (Å²) in [5, 5.41) is 3.49. The first kappa shape index (κ1) is 15.7. The average Bonchev–Trinajstić information content (AvgIpc) is 2.68. The zero-order valence-electron chi connectivity index (χ0n) is 12.4. The largest absolute Gasteiger partial charge is 0.378 e. The van der Waals surface area contributed by atoms with Crippen molar-refractivity contribution in [2.75, 3.05) is 19.8 Å². The second-order valence-electron chi connectivity index (χ2n) is 6.37. The van der Waals surface area contributed by atoms with Gasteiger partial charge in [0.25, 0.3) is 0 Å². The van der Waals surface area contributed by atoms with Crippen LogP contribution in [0.3, 0.4) is 0 Å². The van der Waals surface area contributed by atoms with Crippen molar-refractivity contribution in [1.29, 1.82) is 0 Å². The Balaban J connectivity index is 2.08. The average molecular weight is 255 g/mol. The van der Waals surface area contributed by atoms with E-state index >= 15 is 0 Å². The summed E-state index contributed by atoms with van der Waals surface area (Å²) in [4.78, 5) is 0. The molecule has 1 aliphatic heterocycles. The van der Waals surface area contributed by atoms with Crippen LogP contribution in [-0.4, -0.2) is 37.5 Å². The first-order valence-electron chi connectivity index (χ1n) is 6.99. The van der Waals surface area contributed by atoms with E-state index in [0.717, 1.165) is 39.0 Å². The predicted molar refractivity (Wildman–Crippen MR) is 75.9 cm³/mol. The summed E-state index contributed by atoms with van der Waals surface area (Å²) in [6, 6.07) is 0. The monoisotopic (exact) mass is 255 g/mol. The first-order chi connectivity index (χ1) is 8.37. The van der Waals surface area contributed by atoms with Gasteiger partial charge in [-0.05, 0) is 47.0 Å². The summed E-state index contributed by atoms with van der Waals surface area (Å²) in [7, 11) is 0. The zero-order valence-corrected chi connectivity index (χ0v) is 12.4. The minimum atomic E-state index is 0.166. The summed E-state index contributed by atoms with van der Waals surface area (Å²) in [5.74, 6) is 0. The van der Waals surface area contributed by atoms with Gasteiger partial charge in [0.2, 0.25) is 0 Å². The van der Waals surface area contributed by atoms with Crippen LogP contribution in [0, 0.1) is 0 Å². The molecule has 18 heavy (non-hydrogen) atoms. The molecule has 0 spiro atoms. The maximum atomic E-state index is 5.95. The Kier molecular flexibility index (Phi) is 6.33. The lowest BCUT2D eigenvalue weighted by Crippen LogP contribution is -2.41. The van der Waals surface area contributed by atoms with Crippen LogP contribution in [0.1, 0.15) is 47.0 Å². The van der Waals surface area contributed by atoms with E-state index in [-0.39, 0.29) is 11.6 Å². The summed E-state index contributed by atoms with van der Waals surface area (Å²) in [6.45, 7) is 14.9. The van der Waals surface area contributed by atoms with Crippen molar-refractivity contribution >= 4 is 0 Å². The van der Waals surface area contributed by atoms with Gasteiger partial charge in [-0.1, -0.05) is 5.57 Å². The third-order valence-electron chi connectivity index (χ3n) is 3.03. The van der Waals surface area contributed by atoms with Gasteiger partial charge in [-0.25, -0.2) is 0 Å². The SMILES string of the molecule is C=C(C)CCOCC1CCC(CNC(C)(C)C)O1. The van der Waals surface area contributed by atoms with Gasteiger partial charge in [0.1, 0.15) is 0 Å². The van der Waals surface area contributed by atoms with E-state index in [1.807, 2.05) is 6.92 Å². The minimum absolute atomic E-state index is 0.166. The van der Waals surface area contributed by atoms with Gasteiger partial charge in [0.15, 0.2) is 0 Å². The summed E-state index contributed by atoms with van der Waals surface area (Å²) in [5.41, 5.74) is 1.34. The molecule has 1 heterocycles. The highest BCUT2D eigenvalue weighted by Crippen LogP contribution is 2.20. The summed E-state index contributed by atoms with van der Waals surface area (Å²) < 4.78 is 11.6. The number of ether oxygens (including phenoxy) is 2. The second-order valence-corrected chi connectivity index (χ2v) is 6.37. The highest BCUT2D eigenvalue weighted by Gasteiger charge is 2.26. The zero-order chi connectivity index (χ0) is 13.6. The Morgan fingerprint density at radius 3 is 2.61 bits per heavy atom. The van der Waals surface area contributed by atoms with Crippen molar-refractivity contribution in [2.24, 2.45) is 0 Å². The van der Waals surface area contributed by atoms with E-state index in [2.05, 4.69) is 32.7 Å². The molecule has 2 unspecified atom stereocenters. The highest BCUT2D eigenvalue weighted by molar-refractivity contribution is 4.87. The Labute approximate surface area is 112 Å². The molecule has 1 saturated heterocycles.